The van der Waals surface area contributed by atoms with Gasteiger partial charge in [0.05, 0.1) is 0 Å². The first-order chi connectivity index (χ1) is 5.11. The molecule has 0 aromatic heterocycles. The average Bonchev–Trinajstić information content (AvgIpc) is 1.99. The minimum absolute atomic E-state index is 0.172. The maximum atomic E-state index is 10.3. The molecule has 0 heterocycles. The van der Waals surface area contributed by atoms with E-state index in [2.05, 4.69) is 11.4 Å². The van der Waals surface area contributed by atoms with Crippen LogP contribution in [-0.4, -0.2) is 17.1 Å². The van der Waals surface area contributed by atoms with Crippen molar-refractivity contribution in [2.24, 2.45) is 0 Å². The average molecular weight is 151 g/mol. The van der Waals surface area contributed by atoms with Crippen LogP contribution in [0.15, 0.2) is 24.3 Å². The number of aliphatic carboxylic acids is 1. The molecule has 0 spiro atoms. The van der Waals surface area contributed by atoms with Gasteiger partial charge in [0.2, 0.25) is 0 Å². The summed E-state index contributed by atoms with van der Waals surface area (Å²) in [7, 11) is 0. The van der Waals surface area contributed by atoms with E-state index >= 15 is 0 Å². The zero-order chi connectivity index (χ0) is 8.85. The van der Waals surface area contributed by atoms with E-state index in [9.17, 15) is 4.79 Å². The summed E-state index contributed by atoms with van der Waals surface area (Å²) in [4.78, 5) is 13.4. The lowest BCUT2D eigenvalue weighted by molar-refractivity contribution is -0.132. The first kappa shape index (κ1) is 9.44. The fraction of sp³-hybridized carbons (Fsp3) is 0.250. The molecule has 0 aromatic rings. The molecule has 0 aliphatic rings. The lowest BCUT2D eigenvalue weighted by atomic mass is 10.2. The summed E-state index contributed by atoms with van der Waals surface area (Å²) >= 11 is 0. The van der Waals surface area contributed by atoms with Crippen molar-refractivity contribution in [1.82, 2.24) is 0 Å². The van der Waals surface area contributed by atoms with Crippen LogP contribution >= 0.6 is 0 Å². The van der Waals surface area contributed by atoms with Crippen LogP contribution in [0.4, 0.5) is 0 Å². The number of rotatable bonds is 3. The van der Waals surface area contributed by atoms with E-state index in [1.165, 1.54) is 19.1 Å². The van der Waals surface area contributed by atoms with Gasteiger partial charge in [0.15, 0.2) is 0 Å². The van der Waals surface area contributed by atoms with E-state index < -0.39 is 12.0 Å². The van der Waals surface area contributed by atoms with E-state index in [0.29, 0.717) is 0 Å². The van der Waals surface area contributed by atoms with Crippen molar-refractivity contribution in [2.75, 3.05) is 0 Å². The zero-order valence-corrected chi connectivity index (χ0v) is 6.24. The molecule has 0 fully saturated rings. The quantitative estimate of drug-likeness (QED) is 0.377. The molecule has 3 nitrogen and oxygen atoms in total. The minimum atomic E-state index is -1.000. The van der Waals surface area contributed by atoms with Crippen molar-refractivity contribution in [3.05, 3.63) is 35.7 Å². The number of hydrogen-bond donors (Lipinski definition) is 1. The first-order valence-corrected chi connectivity index (χ1v) is 3.02. The first-order valence-electron chi connectivity index (χ1n) is 3.02. The smallest absolute Gasteiger partial charge is 0.331 e. The van der Waals surface area contributed by atoms with Crippen LogP contribution in [0.1, 0.15) is 6.92 Å². The largest absolute Gasteiger partial charge is 0.478 e. The Balaban J connectivity index is 4.42. The van der Waals surface area contributed by atoms with Crippen LogP contribution < -0.4 is 0 Å². The third kappa shape index (κ3) is 3.21. The molecule has 0 saturated heterocycles. The summed E-state index contributed by atoms with van der Waals surface area (Å²) in [5.74, 6) is -1.000. The molecule has 0 aromatic carbocycles. The normalized spacial score (nSPS) is 13.3. The molecule has 58 valence electrons. The zero-order valence-electron chi connectivity index (χ0n) is 6.24. The minimum Gasteiger partial charge on any atom is -0.478 e. The Bertz CT molecular complexity index is 235. The summed E-state index contributed by atoms with van der Waals surface area (Å²) in [5, 5.41) is 8.42. The number of carboxylic acids is 1. The molecule has 0 aliphatic heterocycles. The molecule has 0 radical (unpaired) electrons. The lowest BCUT2D eigenvalue weighted by Crippen LogP contribution is -2.00. The number of carboxylic acid groups (broad SMARTS) is 1. The molecule has 1 unspecified atom stereocenters. The highest BCUT2D eigenvalue weighted by Gasteiger charge is 2.06. The molecular formula is C8H9NO2. The Morgan fingerprint density at radius 3 is 2.64 bits per heavy atom. The van der Waals surface area contributed by atoms with Crippen LogP contribution in [-0.2, 0) is 4.79 Å². The monoisotopic (exact) mass is 151 g/mol. The Labute approximate surface area is 65.5 Å². The fourth-order valence-corrected chi connectivity index (χ4v) is 0.485. The summed E-state index contributed by atoms with van der Waals surface area (Å²) in [5.41, 5.74) is 0.172. The van der Waals surface area contributed by atoms with Crippen molar-refractivity contribution in [3.63, 3.8) is 0 Å². The topological polar surface area (TPSA) is 41.7 Å². The summed E-state index contributed by atoms with van der Waals surface area (Å²) in [6, 6.07) is -0.522. The van der Waals surface area contributed by atoms with E-state index in [0.717, 1.165) is 0 Å². The van der Waals surface area contributed by atoms with Gasteiger partial charge in [0.25, 0.3) is 6.04 Å². The number of carbonyl (C=O) groups is 1. The van der Waals surface area contributed by atoms with Crippen LogP contribution in [0, 0.1) is 6.57 Å². The van der Waals surface area contributed by atoms with Gasteiger partial charge in [-0.15, -0.1) is 0 Å². The molecule has 1 atom stereocenters. The van der Waals surface area contributed by atoms with Gasteiger partial charge < -0.3 is 9.95 Å². The van der Waals surface area contributed by atoms with Crippen LogP contribution in [0.25, 0.3) is 4.85 Å². The van der Waals surface area contributed by atoms with Gasteiger partial charge in [-0.1, -0.05) is 6.58 Å². The van der Waals surface area contributed by atoms with Crippen molar-refractivity contribution < 1.29 is 9.90 Å². The van der Waals surface area contributed by atoms with Crippen molar-refractivity contribution >= 4 is 5.97 Å². The van der Waals surface area contributed by atoms with E-state index in [1.807, 2.05) is 0 Å². The maximum absolute atomic E-state index is 10.3. The Morgan fingerprint density at radius 1 is 1.82 bits per heavy atom. The van der Waals surface area contributed by atoms with Crippen molar-refractivity contribution in [3.8, 4) is 0 Å². The summed E-state index contributed by atoms with van der Waals surface area (Å²) in [6.07, 6.45) is 2.77. The SMILES string of the molecule is [C-]#[N+]C(C=C)C=C(C)C(=O)O. The van der Waals surface area contributed by atoms with Gasteiger partial charge in [-0.2, -0.15) is 0 Å². The second kappa shape index (κ2) is 4.29. The summed E-state index contributed by atoms with van der Waals surface area (Å²) in [6.45, 7) is 11.5. The molecule has 1 N–H and O–H groups in total. The maximum Gasteiger partial charge on any atom is 0.331 e. The number of nitrogens with zero attached hydrogens (tertiary/aromatic N) is 1. The number of hydrogen-bond acceptors (Lipinski definition) is 1. The Kier molecular flexibility index (Phi) is 3.68. The predicted molar refractivity (Wildman–Crippen MR) is 42.0 cm³/mol. The van der Waals surface area contributed by atoms with Crippen LogP contribution in [0.3, 0.4) is 0 Å². The Hall–Kier alpha value is -1.56. The van der Waals surface area contributed by atoms with Crippen molar-refractivity contribution in [1.29, 1.82) is 0 Å². The fourth-order valence-electron chi connectivity index (χ4n) is 0.485. The molecule has 3 heteroatoms. The van der Waals surface area contributed by atoms with Gasteiger partial charge in [0.1, 0.15) is 0 Å². The van der Waals surface area contributed by atoms with E-state index in [4.69, 9.17) is 11.7 Å². The molecule has 0 rings (SSSR count). The highest BCUT2D eigenvalue weighted by atomic mass is 16.4. The van der Waals surface area contributed by atoms with E-state index in [1.54, 1.807) is 0 Å². The third-order valence-corrected chi connectivity index (χ3v) is 1.15. The molecule has 11 heavy (non-hydrogen) atoms. The standard InChI is InChI=1S/C8H9NO2/c1-4-7(9-3)5-6(2)8(10)11/h4-5,7H,1H2,2H3,(H,10,11). The molecular weight excluding hydrogens is 142 g/mol. The van der Waals surface area contributed by atoms with Gasteiger partial charge in [-0.25, -0.2) is 11.4 Å². The molecule has 0 bridgehead atoms. The lowest BCUT2D eigenvalue weighted by Gasteiger charge is -1.92. The third-order valence-electron chi connectivity index (χ3n) is 1.15. The van der Waals surface area contributed by atoms with Crippen molar-refractivity contribution in [2.45, 2.75) is 13.0 Å². The molecule has 0 amide bonds. The second-order valence-corrected chi connectivity index (χ2v) is 2.01. The van der Waals surface area contributed by atoms with Gasteiger partial charge >= 0.3 is 5.97 Å². The highest BCUT2D eigenvalue weighted by Crippen LogP contribution is 2.00. The summed E-state index contributed by atoms with van der Waals surface area (Å²) < 4.78 is 0. The van der Waals surface area contributed by atoms with Crippen LogP contribution in [0.5, 0.6) is 0 Å². The van der Waals surface area contributed by atoms with Gasteiger partial charge in [-0.3, -0.25) is 0 Å². The Morgan fingerprint density at radius 2 is 2.36 bits per heavy atom. The highest BCUT2D eigenvalue weighted by molar-refractivity contribution is 5.86. The van der Waals surface area contributed by atoms with Crippen LogP contribution in [0.2, 0.25) is 0 Å². The van der Waals surface area contributed by atoms with Gasteiger partial charge in [-0.05, 0) is 13.0 Å². The second-order valence-electron chi connectivity index (χ2n) is 2.01. The molecule has 0 aliphatic carbocycles. The van der Waals surface area contributed by atoms with Gasteiger partial charge in [0, 0.05) is 11.6 Å². The predicted octanol–water partition coefficient (Wildman–Crippen LogP) is 1.49. The molecule has 0 saturated carbocycles. The van der Waals surface area contributed by atoms with E-state index in [-0.39, 0.29) is 5.57 Å².